The molecule has 0 spiro atoms. The van der Waals surface area contributed by atoms with Gasteiger partial charge in [-0.25, -0.2) is 4.68 Å². The van der Waals surface area contributed by atoms with Gasteiger partial charge in [0.05, 0.1) is 10.6 Å². The molecule has 2 N–H and O–H groups in total. The summed E-state index contributed by atoms with van der Waals surface area (Å²) in [5.41, 5.74) is 7.18. The normalized spacial score (nSPS) is 11.8. The molecular formula is C14H20ClN5. The number of benzene rings is 1. The maximum atomic E-state index is 6.27. The first-order chi connectivity index (χ1) is 9.57. The molecule has 2 rings (SSSR count). The monoisotopic (exact) mass is 293 g/mol. The summed E-state index contributed by atoms with van der Waals surface area (Å²) in [4.78, 5) is 0. The molecule has 20 heavy (non-hydrogen) atoms. The minimum absolute atomic E-state index is 0.0905. The van der Waals surface area contributed by atoms with E-state index in [0.717, 1.165) is 24.8 Å². The molecule has 2 aromatic rings. The van der Waals surface area contributed by atoms with Crippen LogP contribution < -0.4 is 5.73 Å². The third kappa shape index (κ3) is 2.38. The van der Waals surface area contributed by atoms with E-state index >= 15 is 0 Å². The molecule has 6 heteroatoms. The van der Waals surface area contributed by atoms with Gasteiger partial charge in [-0.3, -0.25) is 0 Å². The quantitative estimate of drug-likeness (QED) is 0.857. The third-order valence-electron chi connectivity index (χ3n) is 4.12. The summed E-state index contributed by atoms with van der Waals surface area (Å²) in [6.07, 6.45) is 2.87. The van der Waals surface area contributed by atoms with E-state index in [1.165, 1.54) is 0 Å². The van der Waals surface area contributed by atoms with Gasteiger partial charge in [-0.1, -0.05) is 32.4 Å². The van der Waals surface area contributed by atoms with Gasteiger partial charge in [-0.2, -0.15) is 0 Å². The molecule has 0 radical (unpaired) electrons. The van der Waals surface area contributed by atoms with Gasteiger partial charge in [0.15, 0.2) is 5.82 Å². The summed E-state index contributed by atoms with van der Waals surface area (Å²) in [5.74, 6) is 0.674. The Kier molecular flexibility index (Phi) is 4.28. The first-order valence-electron chi connectivity index (χ1n) is 6.92. The molecule has 0 fully saturated rings. The zero-order valence-electron chi connectivity index (χ0n) is 12.1. The van der Waals surface area contributed by atoms with Gasteiger partial charge >= 0.3 is 0 Å². The van der Waals surface area contributed by atoms with Crippen molar-refractivity contribution in [1.29, 1.82) is 0 Å². The van der Waals surface area contributed by atoms with Crippen molar-refractivity contribution in [3.05, 3.63) is 23.2 Å². The van der Waals surface area contributed by atoms with Crippen molar-refractivity contribution < 1.29 is 0 Å². The summed E-state index contributed by atoms with van der Waals surface area (Å²) in [5, 5.41) is 12.8. The molecule has 1 heterocycles. The van der Waals surface area contributed by atoms with Crippen LogP contribution in [-0.4, -0.2) is 20.2 Å². The molecule has 1 aromatic carbocycles. The van der Waals surface area contributed by atoms with Crippen LogP contribution in [0.15, 0.2) is 18.2 Å². The van der Waals surface area contributed by atoms with Crippen LogP contribution in [0.5, 0.6) is 0 Å². The summed E-state index contributed by atoms with van der Waals surface area (Å²) >= 11 is 6.27. The summed E-state index contributed by atoms with van der Waals surface area (Å²) in [6.45, 7) is 6.46. The van der Waals surface area contributed by atoms with Crippen LogP contribution in [0.3, 0.4) is 0 Å². The Bertz CT molecular complexity index is 581. The second-order valence-electron chi connectivity index (χ2n) is 4.94. The van der Waals surface area contributed by atoms with Gasteiger partial charge in [0.2, 0.25) is 0 Å². The van der Waals surface area contributed by atoms with E-state index in [1.54, 1.807) is 12.1 Å². The molecule has 5 nitrogen and oxygen atoms in total. The van der Waals surface area contributed by atoms with Gasteiger partial charge in [-0.15, -0.1) is 5.10 Å². The van der Waals surface area contributed by atoms with Crippen LogP contribution in [0.2, 0.25) is 5.02 Å². The van der Waals surface area contributed by atoms with Gasteiger partial charge in [0.25, 0.3) is 0 Å². The Morgan fingerprint density at radius 3 is 2.45 bits per heavy atom. The van der Waals surface area contributed by atoms with E-state index in [-0.39, 0.29) is 5.54 Å². The highest BCUT2D eigenvalue weighted by Crippen LogP contribution is 2.35. The number of tetrazole rings is 1. The maximum Gasteiger partial charge on any atom is 0.184 e. The van der Waals surface area contributed by atoms with Crippen molar-refractivity contribution in [1.82, 2.24) is 20.2 Å². The lowest BCUT2D eigenvalue weighted by molar-refractivity contribution is 0.223. The molecule has 1 aromatic heterocycles. The molecule has 0 bridgehead atoms. The molecule has 0 saturated carbocycles. The average Bonchev–Trinajstić information content (AvgIpc) is 2.94. The summed E-state index contributed by atoms with van der Waals surface area (Å²) in [7, 11) is 0. The molecule has 0 saturated heterocycles. The summed E-state index contributed by atoms with van der Waals surface area (Å²) < 4.78 is 1.90. The van der Waals surface area contributed by atoms with Crippen LogP contribution in [0, 0.1) is 0 Å². The van der Waals surface area contributed by atoms with Crippen molar-refractivity contribution in [3.8, 4) is 11.4 Å². The Morgan fingerprint density at radius 2 is 1.85 bits per heavy atom. The Morgan fingerprint density at radius 1 is 1.20 bits per heavy atom. The van der Waals surface area contributed by atoms with E-state index < -0.39 is 0 Å². The van der Waals surface area contributed by atoms with E-state index in [2.05, 4.69) is 36.3 Å². The van der Waals surface area contributed by atoms with Crippen LogP contribution in [-0.2, 0) is 5.54 Å². The lowest BCUT2D eigenvalue weighted by atomic mass is 9.89. The van der Waals surface area contributed by atoms with Crippen LogP contribution in [0.25, 0.3) is 11.4 Å². The number of nitrogens with zero attached hydrogens (tertiary/aromatic N) is 4. The van der Waals surface area contributed by atoms with E-state index in [1.807, 2.05) is 10.7 Å². The van der Waals surface area contributed by atoms with Gasteiger partial charge in [0.1, 0.15) is 0 Å². The first-order valence-corrected chi connectivity index (χ1v) is 7.30. The Labute approximate surface area is 124 Å². The minimum atomic E-state index is -0.0905. The fourth-order valence-corrected chi connectivity index (χ4v) is 2.79. The number of anilines is 1. The van der Waals surface area contributed by atoms with Crippen molar-refractivity contribution in [3.63, 3.8) is 0 Å². The standard InChI is InChI=1S/C14H20ClN5/c1-4-14(5-2,6-3)20-13(17-18-19-20)11-9-10(16)7-8-12(11)15/h7-9H,4-6,16H2,1-3H3. The number of hydrogen-bond acceptors (Lipinski definition) is 4. The second-order valence-corrected chi connectivity index (χ2v) is 5.35. The smallest absolute Gasteiger partial charge is 0.184 e. The molecule has 0 atom stereocenters. The predicted molar refractivity (Wildman–Crippen MR) is 81.5 cm³/mol. The Hall–Kier alpha value is -1.62. The third-order valence-corrected chi connectivity index (χ3v) is 4.45. The SMILES string of the molecule is CCC(CC)(CC)n1nnnc1-c1cc(N)ccc1Cl. The number of nitrogens with two attached hydrogens (primary N) is 1. The lowest BCUT2D eigenvalue weighted by Crippen LogP contribution is -2.33. The fraction of sp³-hybridized carbons (Fsp3) is 0.500. The zero-order chi connectivity index (χ0) is 14.8. The van der Waals surface area contributed by atoms with Crippen molar-refractivity contribution in [2.24, 2.45) is 0 Å². The van der Waals surface area contributed by atoms with Crippen molar-refractivity contribution >= 4 is 17.3 Å². The maximum absolute atomic E-state index is 6.27. The molecule has 0 aliphatic heterocycles. The molecule has 0 aliphatic rings. The number of rotatable bonds is 5. The van der Waals surface area contributed by atoms with Crippen molar-refractivity contribution in [2.45, 2.75) is 45.6 Å². The predicted octanol–water partition coefficient (Wildman–Crippen LogP) is 3.50. The van der Waals surface area contributed by atoms with E-state index in [0.29, 0.717) is 16.5 Å². The van der Waals surface area contributed by atoms with Gasteiger partial charge in [0, 0.05) is 11.3 Å². The second kappa shape index (κ2) is 5.79. The largest absolute Gasteiger partial charge is 0.399 e. The number of nitrogen functional groups attached to an aromatic ring is 1. The molecule has 108 valence electrons. The number of hydrogen-bond donors (Lipinski definition) is 1. The molecular weight excluding hydrogens is 274 g/mol. The molecule has 0 unspecified atom stereocenters. The molecule has 0 amide bonds. The lowest BCUT2D eigenvalue weighted by Gasteiger charge is -2.31. The topological polar surface area (TPSA) is 69.6 Å². The highest BCUT2D eigenvalue weighted by molar-refractivity contribution is 6.33. The first kappa shape index (κ1) is 14.8. The van der Waals surface area contributed by atoms with Crippen molar-refractivity contribution in [2.75, 3.05) is 5.73 Å². The fourth-order valence-electron chi connectivity index (χ4n) is 2.59. The van der Waals surface area contributed by atoms with E-state index in [9.17, 15) is 0 Å². The van der Waals surface area contributed by atoms with Gasteiger partial charge in [-0.05, 0) is 47.9 Å². The highest BCUT2D eigenvalue weighted by atomic mass is 35.5. The average molecular weight is 294 g/mol. The van der Waals surface area contributed by atoms with E-state index in [4.69, 9.17) is 17.3 Å². The minimum Gasteiger partial charge on any atom is -0.399 e. The van der Waals surface area contributed by atoms with Crippen LogP contribution in [0.1, 0.15) is 40.0 Å². The van der Waals surface area contributed by atoms with Crippen LogP contribution in [0.4, 0.5) is 5.69 Å². The summed E-state index contributed by atoms with van der Waals surface area (Å²) in [6, 6.07) is 5.36. The number of halogens is 1. The zero-order valence-corrected chi connectivity index (χ0v) is 12.9. The number of aromatic nitrogens is 4. The van der Waals surface area contributed by atoms with Crippen LogP contribution >= 0.6 is 11.6 Å². The molecule has 0 aliphatic carbocycles. The Balaban J connectivity index is 2.61. The van der Waals surface area contributed by atoms with Gasteiger partial charge < -0.3 is 5.73 Å². The highest BCUT2D eigenvalue weighted by Gasteiger charge is 2.31.